The third-order valence-corrected chi connectivity index (χ3v) is 6.63. The van der Waals surface area contributed by atoms with Crippen LogP contribution in [0.15, 0.2) is 16.3 Å². The van der Waals surface area contributed by atoms with E-state index in [4.69, 9.17) is 9.84 Å². The Balaban J connectivity index is 2.05. The highest BCUT2D eigenvalue weighted by Crippen LogP contribution is 2.27. The first-order valence-electron chi connectivity index (χ1n) is 6.39. The predicted octanol–water partition coefficient (Wildman–Crippen LogP) is 1.43. The first kappa shape index (κ1) is 14.9. The summed E-state index contributed by atoms with van der Waals surface area (Å²) in [5, 5.41) is 9.01. The molecule has 0 saturated carbocycles. The number of nitrogens with zero attached hydrogens (tertiary/aromatic N) is 1. The maximum absolute atomic E-state index is 12.4. The van der Waals surface area contributed by atoms with E-state index in [-0.39, 0.29) is 12.7 Å². The van der Waals surface area contributed by atoms with E-state index in [0.717, 1.165) is 24.2 Å². The molecular weight excluding hydrogens is 286 g/mol. The molecule has 2 rings (SSSR count). The van der Waals surface area contributed by atoms with Crippen molar-refractivity contribution >= 4 is 21.4 Å². The van der Waals surface area contributed by atoms with Crippen LogP contribution in [-0.4, -0.2) is 43.6 Å². The predicted molar refractivity (Wildman–Crippen MR) is 73.6 cm³/mol. The molecule has 0 aliphatic carbocycles. The second kappa shape index (κ2) is 6.32. The number of hydrogen-bond donors (Lipinski definition) is 1. The van der Waals surface area contributed by atoms with Gasteiger partial charge in [0.1, 0.15) is 4.21 Å². The largest absolute Gasteiger partial charge is 0.391 e. The second-order valence-electron chi connectivity index (χ2n) is 4.44. The van der Waals surface area contributed by atoms with E-state index in [1.807, 2.05) is 6.92 Å². The van der Waals surface area contributed by atoms with Gasteiger partial charge in [0, 0.05) is 24.6 Å². The highest BCUT2D eigenvalue weighted by atomic mass is 32.2. The van der Waals surface area contributed by atoms with Gasteiger partial charge in [-0.1, -0.05) is 0 Å². The summed E-state index contributed by atoms with van der Waals surface area (Å²) in [5.74, 6) is 0. The highest BCUT2D eigenvalue weighted by molar-refractivity contribution is 7.91. The number of thiophene rings is 1. The monoisotopic (exact) mass is 305 g/mol. The van der Waals surface area contributed by atoms with E-state index in [0.29, 0.717) is 28.8 Å². The number of ether oxygens (including phenoxy) is 1. The lowest BCUT2D eigenvalue weighted by molar-refractivity contribution is 0.0290. The fourth-order valence-corrected chi connectivity index (χ4v) is 5.02. The van der Waals surface area contributed by atoms with E-state index >= 15 is 0 Å². The summed E-state index contributed by atoms with van der Waals surface area (Å²) < 4.78 is 32.1. The van der Waals surface area contributed by atoms with Crippen molar-refractivity contribution in [2.75, 3.05) is 19.7 Å². The molecule has 19 heavy (non-hydrogen) atoms. The standard InChI is InChI=1S/C12H19NO4S2/c1-2-17-10-5-7-13(8-6-10)19(15,16)12-4-3-11(9-14)18-12/h3-4,10,14H,2,5-9H2,1H3. The molecule has 1 N–H and O–H groups in total. The van der Waals surface area contributed by atoms with Crippen LogP contribution in [0.5, 0.6) is 0 Å². The number of aliphatic hydroxyl groups is 1. The van der Waals surface area contributed by atoms with Crippen LogP contribution >= 0.6 is 11.3 Å². The van der Waals surface area contributed by atoms with Gasteiger partial charge in [0.05, 0.1) is 12.7 Å². The molecular formula is C12H19NO4S2. The van der Waals surface area contributed by atoms with Crippen molar-refractivity contribution in [2.45, 2.75) is 36.7 Å². The molecule has 1 aromatic rings. The molecule has 108 valence electrons. The summed E-state index contributed by atoms with van der Waals surface area (Å²) in [4.78, 5) is 0.669. The van der Waals surface area contributed by atoms with E-state index in [1.165, 1.54) is 4.31 Å². The summed E-state index contributed by atoms with van der Waals surface area (Å²) in [6, 6.07) is 3.23. The molecule has 2 heterocycles. The van der Waals surface area contributed by atoms with Gasteiger partial charge >= 0.3 is 0 Å². The average molecular weight is 305 g/mol. The van der Waals surface area contributed by atoms with Crippen molar-refractivity contribution in [2.24, 2.45) is 0 Å². The molecule has 0 unspecified atom stereocenters. The Morgan fingerprint density at radius 1 is 1.42 bits per heavy atom. The van der Waals surface area contributed by atoms with Gasteiger partial charge in [-0.05, 0) is 31.9 Å². The van der Waals surface area contributed by atoms with Crippen LogP contribution in [0.3, 0.4) is 0 Å². The van der Waals surface area contributed by atoms with Crippen molar-refractivity contribution in [3.05, 3.63) is 17.0 Å². The lowest BCUT2D eigenvalue weighted by atomic mass is 10.1. The Morgan fingerprint density at radius 3 is 2.63 bits per heavy atom. The Morgan fingerprint density at radius 2 is 2.11 bits per heavy atom. The molecule has 1 saturated heterocycles. The molecule has 0 aromatic carbocycles. The maximum Gasteiger partial charge on any atom is 0.252 e. The zero-order valence-corrected chi connectivity index (χ0v) is 12.5. The number of hydrogen-bond acceptors (Lipinski definition) is 5. The first-order chi connectivity index (χ1) is 9.07. The molecule has 0 amide bonds. The van der Waals surface area contributed by atoms with Crippen molar-refractivity contribution in [3.63, 3.8) is 0 Å². The fourth-order valence-electron chi connectivity index (χ4n) is 2.18. The molecule has 1 aromatic heterocycles. The number of rotatable bonds is 5. The van der Waals surface area contributed by atoms with Gasteiger partial charge in [-0.15, -0.1) is 11.3 Å². The van der Waals surface area contributed by atoms with Crippen LogP contribution in [0.25, 0.3) is 0 Å². The molecule has 0 atom stereocenters. The third kappa shape index (κ3) is 3.35. The minimum atomic E-state index is -3.40. The Bertz CT molecular complexity index is 504. The molecule has 1 aliphatic heterocycles. The Kier molecular flexibility index (Phi) is 4.97. The third-order valence-electron chi connectivity index (χ3n) is 3.19. The number of piperidine rings is 1. The molecule has 0 bridgehead atoms. The van der Waals surface area contributed by atoms with Crippen molar-refractivity contribution < 1.29 is 18.3 Å². The quantitative estimate of drug-likeness (QED) is 0.893. The van der Waals surface area contributed by atoms with E-state index in [9.17, 15) is 8.42 Å². The van der Waals surface area contributed by atoms with Crippen LogP contribution in [0.2, 0.25) is 0 Å². The van der Waals surface area contributed by atoms with Crippen LogP contribution in [0.4, 0.5) is 0 Å². The first-order valence-corrected chi connectivity index (χ1v) is 8.65. The molecule has 5 nitrogen and oxygen atoms in total. The zero-order chi connectivity index (χ0) is 13.9. The second-order valence-corrected chi connectivity index (χ2v) is 7.77. The van der Waals surface area contributed by atoms with E-state index in [2.05, 4.69) is 0 Å². The van der Waals surface area contributed by atoms with Gasteiger partial charge in [-0.3, -0.25) is 0 Å². The SMILES string of the molecule is CCOC1CCN(S(=O)(=O)c2ccc(CO)s2)CC1. The Hall–Kier alpha value is -0.470. The van der Waals surface area contributed by atoms with Crippen LogP contribution in [0, 0.1) is 0 Å². The van der Waals surface area contributed by atoms with E-state index in [1.54, 1.807) is 12.1 Å². The van der Waals surface area contributed by atoms with Gasteiger partial charge in [0.2, 0.25) is 0 Å². The van der Waals surface area contributed by atoms with Gasteiger partial charge in [0.15, 0.2) is 0 Å². The highest BCUT2D eigenvalue weighted by Gasteiger charge is 2.30. The lowest BCUT2D eigenvalue weighted by Gasteiger charge is -2.30. The molecule has 1 fully saturated rings. The van der Waals surface area contributed by atoms with Crippen LogP contribution in [0.1, 0.15) is 24.6 Å². The summed E-state index contributed by atoms with van der Waals surface area (Å²) in [5.41, 5.74) is 0. The molecule has 7 heteroatoms. The summed E-state index contributed by atoms with van der Waals surface area (Å²) >= 11 is 1.13. The van der Waals surface area contributed by atoms with Crippen molar-refractivity contribution in [1.29, 1.82) is 0 Å². The lowest BCUT2D eigenvalue weighted by Crippen LogP contribution is -2.40. The number of sulfonamides is 1. The topological polar surface area (TPSA) is 66.8 Å². The molecule has 0 spiro atoms. The normalized spacial score (nSPS) is 18.8. The van der Waals surface area contributed by atoms with E-state index < -0.39 is 10.0 Å². The van der Waals surface area contributed by atoms with Crippen molar-refractivity contribution in [3.8, 4) is 0 Å². The van der Waals surface area contributed by atoms with Gasteiger partial charge in [-0.2, -0.15) is 4.31 Å². The maximum atomic E-state index is 12.4. The van der Waals surface area contributed by atoms with Crippen LogP contribution < -0.4 is 0 Å². The van der Waals surface area contributed by atoms with Gasteiger partial charge in [0.25, 0.3) is 10.0 Å². The van der Waals surface area contributed by atoms with Crippen LogP contribution in [-0.2, 0) is 21.4 Å². The zero-order valence-electron chi connectivity index (χ0n) is 10.9. The summed E-state index contributed by atoms with van der Waals surface area (Å²) in [6.45, 7) is 3.50. The smallest absolute Gasteiger partial charge is 0.252 e. The molecule has 0 radical (unpaired) electrons. The average Bonchev–Trinajstić information content (AvgIpc) is 2.89. The minimum Gasteiger partial charge on any atom is -0.391 e. The summed E-state index contributed by atoms with van der Waals surface area (Å²) in [6.07, 6.45) is 1.66. The Labute approximate surface area is 117 Å². The van der Waals surface area contributed by atoms with Gasteiger partial charge < -0.3 is 9.84 Å². The summed E-state index contributed by atoms with van der Waals surface area (Å²) in [7, 11) is -3.40. The molecule has 1 aliphatic rings. The fraction of sp³-hybridized carbons (Fsp3) is 0.667. The number of aliphatic hydroxyl groups excluding tert-OH is 1. The minimum absolute atomic E-state index is 0.118. The van der Waals surface area contributed by atoms with Crippen molar-refractivity contribution in [1.82, 2.24) is 4.31 Å². The van der Waals surface area contributed by atoms with Gasteiger partial charge in [-0.25, -0.2) is 8.42 Å².